The van der Waals surface area contributed by atoms with Crippen LogP contribution in [0.2, 0.25) is 0 Å². The van der Waals surface area contributed by atoms with Gasteiger partial charge in [0, 0.05) is 42.8 Å². The summed E-state index contributed by atoms with van der Waals surface area (Å²) in [6.07, 6.45) is 6.88. The van der Waals surface area contributed by atoms with E-state index >= 15 is 0 Å². The lowest BCUT2D eigenvalue weighted by atomic mass is 10.0. The lowest BCUT2D eigenvalue weighted by Crippen LogP contribution is -1.96. The second kappa shape index (κ2) is 7.38. The molecule has 8 heteroatoms. The highest BCUT2D eigenvalue weighted by atomic mass is 32.2. The van der Waals surface area contributed by atoms with Gasteiger partial charge in [0.05, 0.1) is 15.6 Å². The van der Waals surface area contributed by atoms with Gasteiger partial charge < -0.3 is 16.2 Å². The molecule has 1 fully saturated rings. The Morgan fingerprint density at radius 3 is 2.73 bits per heavy atom. The molecular weight excluding hydrogens is 366 g/mol. The van der Waals surface area contributed by atoms with Crippen molar-refractivity contribution >= 4 is 45.0 Å². The fraction of sp³-hybridized carbons (Fsp3) is 0.389. The van der Waals surface area contributed by atoms with E-state index in [1.807, 2.05) is 0 Å². The molecule has 4 rings (SSSR count). The number of nitrogen functional groups attached to an aromatic ring is 2. The van der Waals surface area contributed by atoms with Crippen molar-refractivity contribution in [1.29, 1.82) is 0 Å². The molecule has 0 aliphatic heterocycles. The van der Waals surface area contributed by atoms with Crippen LogP contribution in [0, 0.1) is 0 Å². The Morgan fingerprint density at radius 2 is 2.04 bits per heavy atom. The number of aromatic nitrogens is 3. The zero-order valence-electron chi connectivity index (χ0n) is 14.6. The Hall–Kier alpha value is -1.90. The molecule has 1 saturated carbocycles. The van der Waals surface area contributed by atoms with Gasteiger partial charge in [-0.2, -0.15) is 0 Å². The molecule has 3 heterocycles. The maximum absolute atomic E-state index is 6.51. The van der Waals surface area contributed by atoms with Crippen molar-refractivity contribution in [3.63, 3.8) is 0 Å². The first-order valence-electron chi connectivity index (χ1n) is 8.60. The van der Waals surface area contributed by atoms with Crippen LogP contribution >= 0.6 is 23.1 Å². The summed E-state index contributed by atoms with van der Waals surface area (Å²) in [5, 5.41) is 1.13. The number of nitrogens with zero attached hydrogens (tertiary/aromatic N) is 3. The predicted molar refractivity (Wildman–Crippen MR) is 109 cm³/mol. The van der Waals surface area contributed by atoms with Crippen LogP contribution in [-0.4, -0.2) is 34.4 Å². The zero-order valence-corrected chi connectivity index (χ0v) is 16.2. The van der Waals surface area contributed by atoms with Crippen molar-refractivity contribution in [3.8, 4) is 11.3 Å². The first-order chi connectivity index (χ1) is 12.7. The largest absolute Gasteiger partial charge is 0.397 e. The van der Waals surface area contributed by atoms with Gasteiger partial charge in [-0.15, -0.1) is 23.1 Å². The zero-order chi connectivity index (χ0) is 18.1. The van der Waals surface area contributed by atoms with Crippen molar-refractivity contribution in [2.24, 2.45) is 0 Å². The van der Waals surface area contributed by atoms with E-state index < -0.39 is 0 Å². The Labute approximate surface area is 160 Å². The molecule has 1 aliphatic rings. The Balaban J connectivity index is 1.73. The minimum atomic E-state index is 0.271. The average molecular weight is 388 g/mol. The third-order valence-electron chi connectivity index (χ3n) is 4.41. The fourth-order valence-corrected chi connectivity index (χ4v) is 5.23. The van der Waals surface area contributed by atoms with E-state index in [0.29, 0.717) is 5.92 Å². The van der Waals surface area contributed by atoms with Crippen molar-refractivity contribution in [2.75, 3.05) is 30.9 Å². The van der Waals surface area contributed by atoms with E-state index in [1.165, 1.54) is 18.4 Å². The molecule has 136 valence electrons. The first kappa shape index (κ1) is 17.5. The number of nitrogens with two attached hydrogens (primary N) is 2. The van der Waals surface area contributed by atoms with E-state index in [2.05, 4.69) is 16.0 Å². The number of pyridine rings is 1. The summed E-state index contributed by atoms with van der Waals surface area (Å²) in [6.45, 7) is 0.769. The topological polar surface area (TPSA) is 99.9 Å². The van der Waals surface area contributed by atoms with Crippen molar-refractivity contribution in [3.05, 3.63) is 24.0 Å². The second-order valence-electron chi connectivity index (χ2n) is 6.38. The molecule has 0 spiro atoms. The maximum Gasteiger partial charge on any atom is 0.219 e. The summed E-state index contributed by atoms with van der Waals surface area (Å²) >= 11 is 3.46. The molecule has 3 aromatic rings. The van der Waals surface area contributed by atoms with Crippen LogP contribution in [0.15, 0.2) is 22.7 Å². The van der Waals surface area contributed by atoms with E-state index in [-0.39, 0.29) is 5.95 Å². The van der Waals surface area contributed by atoms with Crippen LogP contribution in [0.1, 0.15) is 30.7 Å². The highest BCUT2D eigenvalue weighted by molar-refractivity contribution is 8.01. The van der Waals surface area contributed by atoms with Crippen LogP contribution in [0.5, 0.6) is 0 Å². The van der Waals surface area contributed by atoms with Gasteiger partial charge >= 0.3 is 0 Å². The molecule has 0 atom stereocenters. The third-order valence-corrected chi connectivity index (χ3v) is 6.88. The normalized spacial score (nSPS) is 14.2. The van der Waals surface area contributed by atoms with E-state index in [9.17, 15) is 0 Å². The quantitative estimate of drug-likeness (QED) is 0.468. The smallest absolute Gasteiger partial charge is 0.219 e. The number of fused-ring (bicyclic) bond motifs is 1. The monoisotopic (exact) mass is 387 g/mol. The summed E-state index contributed by atoms with van der Waals surface area (Å²) in [7, 11) is 1.73. The van der Waals surface area contributed by atoms with E-state index in [4.69, 9.17) is 21.2 Å². The lowest BCUT2D eigenvalue weighted by Gasteiger charge is -2.07. The predicted octanol–water partition coefficient (Wildman–Crippen LogP) is 3.92. The van der Waals surface area contributed by atoms with E-state index in [1.54, 1.807) is 42.6 Å². The second-order valence-corrected chi connectivity index (χ2v) is 8.74. The number of methoxy groups -OCH3 is 1. The summed E-state index contributed by atoms with van der Waals surface area (Å²) in [4.78, 5) is 14.0. The van der Waals surface area contributed by atoms with Crippen molar-refractivity contribution in [1.82, 2.24) is 15.0 Å². The molecule has 26 heavy (non-hydrogen) atoms. The Kier molecular flexibility index (Phi) is 4.97. The molecule has 0 amide bonds. The van der Waals surface area contributed by atoms with Gasteiger partial charge in [0.15, 0.2) is 0 Å². The van der Waals surface area contributed by atoms with Crippen LogP contribution < -0.4 is 11.5 Å². The molecule has 0 unspecified atom stereocenters. The Morgan fingerprint density at radius 1 is 1.27 bits per heavy atom. The van der Waals surface area contributed by atoms with Crippen LogP contribution in [0.3, 0.4) is 0 Å². The Bertz CT molecular complexity index is 921. The summed E-state index contributed by atoms with van der Waals surface area (Å²) in [5.74, 6) is 1.84. The number of hydrogen-bond acceptors (Lipinski definition) is 8. The SMILES string of the molecule is COCCCSc1sc2nc(-c3cnc(N)nc3)cc(C3CC3)c2c1N. The minimum Gasteiger partial charge on any atom is -0.397 e. The highest BCUT2D eigenvalue weighted by Gasteiger charge is 2.29. The van der Waals surface area contributed by atoms with Gasteiger partial charge in [-0.05, 0) is 36.8 Å². The van der Waals surface area contributed by atoms with Crippen molar-refractivity contribution in [2.45, 2.75) is 29.4 Å². The number of ether oxygens (including phenoxy) is 1. The van der Waals surface area contributed by atoms with Gasteiger partial charge in [-0.25, -0.2) is 15.0 Å². The number of thioether (sulfide) groups is 1. The molecular formula is C18H21N5OS2. The third kappa shape index (κ3) is 3.49. The molecule has 0 radical (unpaired) electrons. The number of rotatable bonds is 7. The number of anilines is 2. The standard InChI is InChI=1S/C18H21N5OS2/c1-24-5-2-6-25-17-15(19)14-12(10-3-4-10)7-13(23-16(14)26-17)11-8-21-18(20)22-9-11/h7-10H,2-6,19H2,1H3,(H2,20,21,22). The minimum absolute atomic E-state index is 0.271. The lowest BCUT2D eigenvalue weighted by molar-refractivity contribution is 0.200. The summed E-state index contributed by atoms with van der Waals surface area (Å²) in [6, 6.07) is 2.15. The first-order valence-corrected chi connectivity index (χ1v) is 10.4. The molecule has 6 nitrogen and oxygen atoms in total. The van der Waals surface area contributed by atoms with Gasteiger partial charge in [-0.1, -0.05) is 0 Å². The summed E-state index contributed by atoms with van der Waals surface area (Å²) in [5.41, 5.74) is 16.1. The molecule has 1 aliphatic carbocycles. The van der Waals surface area contributed by atoms with Crippen molar-refractivity contribution < 1.29 is 4.74 Å². The molecule has 0 aromatic carbocycles. The van der Waals surface area contributed by atoms with Gasteiger partial charge in [0.1, 0.15) is 4.83 Å². The van der Waals surface area contributed by atoms with E-state index in [0.717, 1.165) is 50.2 Å². The van der Waals surface area contributed by atoms with Gasteiger partial charge in [0.2, 0.25) is 5.95 Å². The van der Waals surface area contributed by atoms with Crippen LogP contribution in [0.25, 0.3) is 21.5 Å². The fourth-order valence-electron chi connectivity index (χ4n) is 2.94. The van der Waals surface area contributed by atoms with Crippen LogP contribution in [0.4, 0.5) is 11.6 Å². The molecule has 0 saturated heterocycles. The summed E-state index contributed by atoms with van der Waals surface area (Å²) < 4.78 is 6.28. The molecule has 0 bridgehead atoms. The number of hydrogen-bond donors (Lipinski definition) is 2. The van der Waals surface area contributed by atoms with Gasteiger partial charge in [0.25, 0.3) is 0 Å². The molecule has 3 aromatic heterocycles. The molecule has 4 N–H and O–H groups in total. The van der Waals surface area contributed by atoms with Crippen LogP contribution in [-0.2, 0) is 4.74 Å². The van der Waals surface area contributed by atoms with Gasteiger partial charge in [-0.3, -0.25) is 0 Å². The maximum atomic E-state index is 6.51. The number of thiophene rings is 1. The highest BCUT2D eigenvalue weighted by Crippen LogP contribution is 2.49. The average Bonchev–Trinajstić information content (AvgIpc) is 3.44.